The molecule has 1 amide bonds. The van der Waals surface area contributed by atoms with Gasteiger partial charge in [-0.1, -0.05) is 12.8 Å². The molecule has 0 radical (unpaired) electrons. The molecule has 0 unspecified atom stereocenters. The Bertz CT molecular complexity index is 601. The number of rotatable bonds is 5. The number of aromatic nitrogens is 4. The number of hydrogen-bond acceptors (Lipinski definition) is 5. The van der Waals surface area contributed by atoms with Crippen LogP contribution in [0.5, 0.6) is 0 Å². The van der Waals surface area contributed by atoms with E-state index in [-0.39, 0.29) is 11.4 Å². The second-order valence-corrected chi connectivity index (χ2v) is 6.40. The number of carbonyl (C=O) groups is 1. The van der Waals surface area contributed by atoms with E-state index in [0.717, 1.165) is 36.4 Å². The molecule has 0 aromatic carbocycles. The fourth-order valence-electron chi connectivity index (χ4n) is 2.84. The van der Waals surface area contributed by atoms with Crippen LogP contribution in [0, 0.1) is 6.92 Å². The van der Waals surface area contributed by atoms with Crippen LogP contribution in [-0.2, 0) is 16.9 Å². The third-order valence-electron chi connectivity index (χ3n) is 3.90. The van der Waals surface area contributed by atoms with Crippen molar-refractivity contribution in [2.24, 2.45) is 0 Å². The highest BCUT2D eigenvalue weighted by Crippen LogP contribution is 2.40. The maximum absolute atomic E-state index is 12.3. The minimum absolute atomic E-state index is 0.0558. The van der Waals surface area contributed by atoms with Crippen molar-refractivity contribution in [3.8, 4) is 0 Å². The zero-order chi connectivity index (χ0) is 14.7. The van der Waals surface area contributed by atoms with Crippen LogP contribution < -0.4 is 5.32 Å². The average molecular weight is 305 g/mol. The maximum Gasteiger partial charge on any atom is 0.222 e. The van der Waals surface area contributed by atoms with E-state index in [1.54, 1.807) is 22.3 Å². The summed E-state index contributed by atoms with van der Waals surface area (Å²) in [6.45, 7) is 2.55. The van der Waals surface area contributed by atoms with Crippen molar-refractivity contribution < 1.29 is 4.79 Å². The first kappa shape index (κ1) is 14.2. The van der Waals surface area contributed by atoms with E-state index in [2.05, 4.69) is 25.8 Å². The van der Waals surface area contributed by atoms with Gasteiger partial charge in [0.1, 0.15) is 17.7 Å². The summed E-state index contributed by atoms with van der Waals surface area (Å²) in [6, 6.07) is 0. The number of nitrogens with zero attached hydrogens (tertiary/aromatic N) is 4. The molecule has 1 N–H and O–H groups in total. The highest BCUT2D eigenvalue weighted by molar-refractivity contribution is 7.09. The molecular weight excluding hydrogens is 286 g/mol. The van der Waals surface area contributed by atoms with Crippen LogP contribution >= 0.6 is 11.3 Å². The van der Waals surface area contributed by atoms with Crippen molar-refractivity contribution in [2.75, 3.05) is 0 Å². The highest BCUT2D eigenvalue weighted by Gasteiger charge is 2.39. The van der Waals surface area contributed by atoms with E-state index in [0.29, 0.717) is 13.0 Å². The van der Waals surface area contributed by atoms with E-state index in [1.165, 1.54) is 6.33 Å². The molecule has 1 aliphatic rings. The molecule has 2 aromatic heterocycles. The maximum atomic E-state index is 12.3. The molecule has 0 saturated heterocycles. The summed E-state index contributed by atoms with van der Waals surface area (Å²) >= 11 is 1.65. The number of nitrogens with one attached hydrogen (secondary N) is 1. The summed E-state index contributed by atoms with van der Waals surface area (Å²) in [7, 11) is 0. The number of hydrogen-bond donors (Lipinski definition) is 1. The van der Waals surface area contributed by atoms with Crippen LogP contribution in [0.2, 0.25) is 0 Å². The van der Waals surface area contributed by atoms with Crippen LogP contribution in [0.25, 0.3) is 0 Å². The van der Waals surface area contributed by atoms with Crippen molar-refractivity contribution in [2.45, 2.75) is 51.1 Å². The topological polar surface area (TPSA) is 72.7 Å². The van der Waals surface area contributed by atoms with Gasteiger partial charge in [0.15, 0.2) is 0 Å². The van der Waals surface area contributed by atoms with Crippen molar-refractivity contribution in [1.82, 2.24) is 25.1 Å². The molecule has 112 valence electrons. The highest BCUT2D eigenvalue weighted by atomic mass is 32.1. The number of amides is 1. The fraction of sp³-hybridized carbons (Fsp3) is 0.571. The summed E-state index contributed by atoms with van der Waals surface area (Å²) in [4.78, 5) is 20.8. The predicted molar refractivity (Wildman–Crippen MR) is 79.8 cm³/mol. The molecule has 6 nitrogen and oxygen atoms in total. The lowest BCUT2D eigenvalue weighted by Gasteiger charge is -2.28. The molecule has 21 heavy (non-hydrogen) atoms. The Morgan fingerprint density at radius 1 is 1.48 bits per heavy atom. The zero-order valence-electron chi connectivity index (χ0n) is 12.1. The molecule has 7 heteroatoms. The van der Waals surface area contributed by atoms with Crippen LogP contribution in [0.1, 0.15) is 42.8 Å². The predicted octanol–water partition coefficient (Wildman–Crippen LogP) is 2.02. The molecule has 0 aliphatic heterocycles. The van der Waals surface area contributed by atoms with Gasteiger partial charge in [-0.05, 0) is 19.8 Å². The van der Waals surface area contributed by atoms with Crippen LogP contribution in [-0.4, -0.2) is 25.7 Å². The van der Waals surface area contributed by atoms with E-state index in [4.69, 9.17) is 0 Å². The minimum atomic E-state index is -0.252. The summed E-state index contributed by atoms with van der Waals surface area (Å²) in [6.07, 6.45) is 7.76. The summed E-state index contributed by atoms with van der Waals surface area (Å²) < 4.78 is 1.68. The summed E-state index contributed by atoms with van der Waals surface area (Å²) in [5.74, 6) is 0.0558. The molecule has 0 bridgehead atoms. The van der Waals surface area contributed by atoms with Gasteiger partial charge in [-0.15, -0.1) is 11.3 Å². The van der Waals surface area contributed by atoms with Crippen LogP contribution in [0.4, 0.5) is 0 Å². The van der Waals surface area contributed by atoms with Crippen LogP contribution in [0.3, 0.4) is 0 Å². The van der Waals surface area contributed by atoms with Gasteiger partial charge in [0.2, 0.25) is 5.91 Å². The first-order chi connectivity index (χ1) is 10.2. The molecule has 2 aromatic rings. The van der Waals surface area contributed by atoms with E-state index in [1.807, 2.05) is 6.92 Å². The molecule has 0 spiro atoms. The Kier molecular flexibility index (Phi) is 4.01. The molecule has 3 rings (SSSR count). The standard InChI is InChI=1S/C14H19N5OS/c1-11-8-21-13(17-11)14(5-2-3-6-14)18-12(20)4-7-19-10-15-9-16-19/h8-10H,2-7H2,1H3,(H,18,20). The van der Waals surface area contributed by atoms with Crippen molar-refractivity contribution in [1.29, 1.82) is 0 Å². The van der Waals surface area contributed by atoms with Gasteiger partial charge in [-0.3, -0.25) is 9.48 Å². The van der Waals surface area contributed by atoms with Gasteiger partial charge in [0, 0.05) is 17.5 Å². The number of thiazole rings is 1. The Balaban J connectivity index is 1.66. The average Bonchev–Trinajstić information content (AvgIpc) is 3.17. The SMILES string of the molecule is Cc1csc(C2(NC(=O)CCn3cncn3)CCCC2)n1. The van der Waals surface area contributed by atoms with E-state index < -0.39 is 0 Å². The molecule has 0 atom stereocenters. The van der Waals surface area contributed by atoms with Gasteiger partial charge < -0.3 is 5.32 Å². The second-order valence-electron chi connectivity index (χ2n) is 5.54. The van der Waals surface area contributed by atoms with Gasteiger partial charge in [0.05, 0.1) is 12.1 Å². The number of carbonyl (C=O) groups excluding carboxylic acids is 1. The number of aryl methyl sites for hydroxylation is 2. The normalized spacial score (nSPS) is 17.0. The lowest BCUT2D eigenvalue weighted by atomic mass is 9.98. The zero-order valence-corrected chi connectivity index (χ0v) is 12.9. The molecule has 1 fully saturated rings. The fourth-order valence-corrected chi connectivity index (χ4v) is 3.85. The van der Waals surface area contributed by atoms with Gasteiger partial charge in [0.25, 0.3) is 0 Å². The van der Waals surface area contributed by atoms with Crippen LogP contribution in [0.15, 0.2) is 18.0 Å². The Labute approximate surface area is 127 Å². The van der Waals surface area contributed by atoms with E-state index >= 15 is 0 Å². The Morgan fingerprint density at radius 2 is 2.29 bits per heavy atom. The first-order valence-corrected chi connectivity index (χ1v) is 8.12. The third-order valence-corrected chi connectivity index (χ3v) is 5.06. The minimum Gasteiger partial charge on any atom is -0.344 e. The van der Waals surface area contributed by atoms with Gasteiger partial charge >= 0.3 is 0 Å². The molecular formula is C14H19N5OS. The largest absolute Gasteiger partial charge is 0.344 e. The Hall–Kier alpha value is -1.76. The summed E-state index contributed by atoms with van der Waals surface area (Å²) in [5, 5.41) is 10.3. The monoisotopic (exact) mass is 305 g/mol. The molecule has 1 aliphatic carbocycles. The van der Waals surface area contributed by atoms with E-state index in [9.17, 15) is 4.79 Å². The first-order valence-electron chi connectivity index (χ1n) is 7.24. The van der Waals surface area contributed by atoms with Gasteiger partial charge in [-0.25, -0.2) is 9.97 Å². The second kappa shape index (κ2) is 5.93. The summed E-state index contributed by atoms with van der Waals surface area (Å²) in [5.41, 5.74) is 0.774. The lowest BCUT2D eigenvalue weighted by molar-refractivity contribution is -0.123. The quantitative estimate of drug-likeness (QED) is 0.917. The van der Waals surface area contributed by atoms with Crippen molar-refractivity contribution >= 4 is 17.2 Å². The Morgan fingerprint density at radius 3 is 2.90 bits per heavy atom. The smallest absolute Gasteiger partial charge is 0.222 e. The molecule has 1 saturated carbocycles. The third kappa shape index (κ3) is 3.12. The molecule has 2 heterocycles. The van der Waals surface area contributed by atoms with Gasteiger partial charge in [-0.2, -0.15) is 5.10 Å². The lowest BCUT2D eigenvalue weighted by Crippen LogP contribution is -2.44. The van der Waals surface area contributed by atoms with Crippen molar-refractivity contribution in [3.05, 3.63) is 28.7 Å². The van der Waals surface area contributed by atoms with Crippen molar-refractivity contribution in [3.63, 3.8) is 0 Å².